The van der Waals surface area contributed by atoms with E-state index in [2.05, 4.69) is 10.6 Å². The molecule has 0 bridgehead atoms. The highest BCUT2D eigenvalue weighted by Crippen LogP contribution is 2.29. The molecule has 5 heteroatoms. The summed E-state index contributed by atoms with van der Waals surface area (Å²) in [7, 11) is 0. The first-order valence-electron chi connectivity index (χ1n) is 6.04. The SMILES string of the molecule is CCC(=O)NCCC1Oc2ccccc2NC1=O. The number of carbonyl (C=O) groups is 2. The Bertz CT molecular complexity index is 459. The summed E-state index contributed by atoms with van der Waals surface area (Å²) in [4.78, 5) is 22.8. The normalized spacial score (nSPS) is 17.4. The molecule has 2 amide bonds. The van der Waals surface area contributed by atoms with Crippen LogP contribution in [-0.4, -0.2) is 24.5 Å². The van der Waals surface area contributed by atoms with Crippen LogP contribution in [0.1, 0.15) is 19.8 Å². The van der Waals surface area contributed by atoms with Crippen molar-refractivity contribution in [1.82, 2.24) is 5.32 Å². The van der Waals surface area contributed by atoms with Crippen LogP contribution in [0.25, 0.3) is 0 Å². The van der Waals surface area contributed by atoms with Gasteiger partial charge >= 0.3 is 0 Å². The number of benzene rings is 1. The summed E-state index contributed by atoms with van der Waals surface area (Å²) in [5, 5.41) is 5.51. The van der Waals surface area contributed by atoms with Crippen molar-refractivity contribution in [2.24, 2.45) is 0 Å². The average Bonchev–Trinajstić information content (AvgIpc) is 2.39. The summed E-state index contributed by atoms with van der Waals surface area (Å²) in [6.07, 6.45) is 0.365. The highest BCUT2D eigenvalue weighted by molar-refractivity contribution is 5.97. The molecule has 1 heterocycles. The molecular weight excluding hydrogens is 232 g/mol. The lowest BCUT2D eigenvalue weighted by molar-refractivity contribution is -0.125. The van der Waals surface area contributed by atoms with Gasteiger partial charge in [0.15, 0.2) is 6.10 Å². The molecule has 0 aliphatic carbocycles. The number of fused-ring (bicyclic) bond motifs is 1. The molecule has 96 valence electrons. The van der Waals surface area contributed by atoms with Gasteiger partial charge in [-0.3, -0.25) is 9.59 Å². The number of hydrogen-bond acceptors (Lipinski definition) is 3. The number of para-hydroxylation sites is 2. The van der Waals surface area contributed by atoms with Crippen molar-refractivity contribution in [3.8, 4) is 5.75 Å². The van der Waals surface area contributed by atoms with Gasteiger partial charge in [0.1, 0.15) is 5.75 Å². The Morgan fingerprint density at radius 1 is 1.44 bits per heavy atom. The largest absolute Gasteiger partial charge is 0.478 e. The van der Waals surface area contributed by atoms with Gasteiger partial charge in [-0.25, -0.2) is 0 Å². The predicted molar refractivity (Wildman–Crippen MR) is 67.4 cm³/mol. The van der Waals surface area contributed by atoms with Crippen LogP contribution < -0.4 is 15.4 Å². The number of amides is 2. The lowest BCUT2D eigenvalue weighted by Crippen LogP contribution is -2.39. The summed E-state index contributed by atoms with van der Waals surface area (Å²) in [6.45, 7) is 2.22. The van der Waals surface area contributed by atoms with Crippen LogP contribution in [0.5, 0.6) is 5.75 Å². The van der Waals surface area contributed by atoms with Gasteiger partial charge in [0.2, 0.25) is 5.91 Å². The summed E-state index contributed by atoms with van der Waals surface area (Å²) >= 11 is 0. The van der Waals surface area contributed by atoms with E-state index in [-0.39, 0.29) is 11.8 Å². The fraction of sp³-hybridized carbons (Fsp3) is 0.385. The number of ether oxygens (including phenoxy) is 1. The maximum atomic E-state index is 11.8. The van der Waals surface area contributed by atoms with Gasteiger partial charge in [-0.15, -0.1) is 0 Å². The molecule has 0 aromatic heterocycles. The minimum Gasteiger partial charge on any atom is -0.478 e. The molecule has 5 nitrogen and oxygen atoms in total. The molecular formula is C13H16N2O3. The molecule has 0 spiro atoms. The van der Waals surface area contributed by atoms with E-state index in [1.807, 2.05) is 18.2 Å². The molecule has 0 saturated carbocycles. The third-order valence-electron chi connectivity index (χ3n) is 2.76. The van der Waals surface area contributed by atoms with Crippen molar-refractivity contribution in [3.63, 3.8) is 0 Å². The average molecular weight is 248 g/mol. The van der Waals surface area contributed by atoms with E-state index in [1.165, 1.54) is 0 Å². The van der Waals surface area contributed by atoms with Gasteiger partial charge in [0, 0.05) is 19.4 Å². The maximum Gasteiger partial charge on any atom is 0.265 e. The van der Waals surface area contributed by atoms with Crippen molar-refractivity contribution in [2.45, 2.75) is 25.9 Å². The van der Waals surface area contributed by atoms with Gasteiger partial charge < -0.3 is 15.4 Å². The number of rotatable bonds is 4. The molecule has 0 saturated heterocycles. The van der Waals surface area contributed by atoms with Crippen LogP contribution >= 0.6 is 0 Å². The second kappa shape index (κ2) is 5.53. The molecule has 0 fully saturated rings. The molecule has 1 aromatic rings. The molecule has 18 heavy (non-hydrogen) atoms. The Balaban J connectivity index is 1.91. The van der Waals surface area contributed by atoms with E-state index in [0.29, 0.717) is 30.8 Å². The second-order valence-corrected chi connectivity index (χ2v) is 4.08. The predicted octanol–water partition coefficient (Wildman–Crippen LogP) is 1.30. The molecule has 2 rings (SSSR count). The third kappa shape index (κ3) is 2.80. The van der Waals surface area contributed by atoms with Crippen LogP contribution in [0.15, 0.2) is 24.3 Å². The van der Waals surface area contributed by atoms with E-state index < -0.39 is 6.10 Å². The Hall–Kier alpha value is -2.04. The number of carbonyl (C=O) groups excluding carboxylic acids is 2. The van der Waals surface area contributed by atoms with E-state index in [9.17, 15) is 9.59 Å². The number of anilines is 1. The Morgan fingerprint density at radius 3 is 3.00 bits per heavy atom. The van der Waals surface area contributed by atoms with Gasteiger partial charge in [0.05, 0.1) is 5.69 Å². The smallest absolute Gasteiger partial charge is 0.265 e. The van der Waals surface area contributed by atoms with Crippen molar-refractivity contribution in [1.29, 1.82) is 0 Å². The van der Waals surface area contributed by atoms with Crippen LogP contribution in [-0.2, 0) is 9.59 Å². The van der Waals surface area contributed by atoms with Gasteiger partial charge in [0.25, 0.3) is 5.91 Å². The summed E-state index contributed by atoms with van der Waals surface area (Å²) in [6, 6.07) is 7.30. The minimum absolute atomic E-state index is 0.0217. The summed E-state index contributed by atoms with van der Waals surface area (Å²) in [5.41, 5.74) is 0.691. The van der Waals surface area contributed by atoms with Gasteiger partial charge in [-0.05, 0) is 12.1 Å². The third-order valence-corrected chi connectivity index (χ3v) is 2.76. The van der Waals surface area contributed by atoms with Crippen LogP contribution in [0.2, 0.25) is 0 Å². The maximum absolute atomic E-state index is 11.8. The zero-order chi connectivity index (χ0) is 13.0. The molecule has 1 unspecified atom stereocenters. The van der Waals surface area contributed by atoms with E-state index in [4.69, 9.17) is 4.74 Å². The Labute approximate surface area is 106 Å². The van der Waals surface area contributed by atoms with Gasteiger partial charge in [-0.1, -0.05) is 19.1 Å². The number of hydrogen-bond donors (Lipinski definition) is 2. The first-order chi connectivity index (χ1) is 8.70. The zero-order valence-electron chi connectivity index (χ0n) is 10.2. The highest BCUT2D eigenvalue weighted by Gasteiger charge is 2.26. The quantitative estimate of drug-likeness (QED) is 0.844. The molecule has 1 atom stereocenters. The lowest BCUT2D eigenvalue weighted by Gasteiger charge is -2.25. The van der Waals surface area contributed by atoms with E-state index in [1.54, 1.807) is 13.0 Å². The fourth-order valence-corrected chi connectivity index (χ4v) is 1.75. The van der Waals surface area contributed by atoms with E-state index in [0.717, 1.165) is 0 Å². The molecule has 1 aliphatic rings. The standard InChI is InChI=1S/C13H16N2O3/c1-2-12(16)14-8-7-11-13(17)15-9-5-3-4-6-10(9)18-11/h3-6,11H,2,7-8H2,1H3,(H,14,16)(H,15,17). The second-order valence-electron chi connectivity index (χ2n) is 4.08. The summed E-state index contributed by atoms with van der Waals surface area (Å²) in [5.74, 6) is 0.481. The molecule has 1 aromatic carbocycles. The van der Waals surface area contributed by atoms with Crippen molar-refractivity contribution < 1.29 is 14.3 Å². The molecule has 0 radical (unpaired) electrons. The lowest BCUT2D eigenvalue weighted by atomic mass is 10.1. The highest BCUT2D eigenvalue weighted by atomic mass is 16.5. The van der Waals surface area contributed by atoms with Crippen LogP contribution in [0, 0.1) is 0 Å². The first kappa shape index (κ1) is 12.4. The zero-order valence-corrected chi connectivity index (χ0v) is 10.2. The monoisotopic (exact) mass is 248 g/mol. The van der Waals surface area contributed by atoms with E-state index >= 15 is 0 Å². The Morgan fingerprint density at radius 2 is 2.22 bits per heavy atom. The summed E-state index contributed by atoms with van der Waals surface area (Å²) < 4.78 is 5.60. The van der Waals surface area contributed by atoms with Gasteiger partial charge in [-0.2, -0.15) is 0 Å². The van der Waals surface area contributed by atoms with Crippen molar-refractivity contribution in [3.05, 3.63) is 24.3 Å². The number of nitrogens with one attached hydrogen (secondary N) is 2. The van der Waals surface area contributed by atoms with Crippen molar-refractivity contribution in [2.75, 3.05) is 11.9 Å². The molecule has 1 aliphatic heterocycles. The topological polar surface area (TPSA) is 67.4 Å². The van der Waals surface area contributed by atoms with Crippen LogP contribution in [0.3, 0.4) is 0 Å². The minimum atomic E-state index is -0.544. The van der Waals surface area contributed by atoms with Crippen molar-refractivity contribution >= 4 is 17.5 Å². The van der Waals surface area contributed by atoms with Crippen LogP contribution in [0.4, 0.5) is 5.69 Å². The first-order valence-corrected chi connectivity index (χ1v) is 6.04. The molecule has 2 N–H and O–H groups in total. The fourth-order valence-electron chi connectivity index (χ4n) is 1.75. The Kier molecular flexibility index (Phi) is 3.82.